The molecule has 0 spiro atoms. The van der Waals surface area contributed by atoms with Gasteiger partial charge < -0.3 is 0 Å². The van der Waals surface area contributed by atoms with E-state index in [9.17, 15) is 16.8 Å². The van der Waals surface area contributed by atoms with E-state index >= 15 is 0 Å². The van der Waals surface area contributed by atoms with Crippen LogP contribution in [0.4, 0.5) is 0 Å². The summed E-state index contributed by atoms with van der Waals surface area (Å²) in [6.45, 7) is 0.137. The highest BCUT2D eigenvalue weighted by molar-refractivity contribution is 7.86. The fraction of sp³-hybridized carbons (Fsp3) is 0.714. The Morgan fingerprint density at radius 2 is 1.00 bits per heavy atom. The first-order valence-electron chi connectivity index (χ1n) is 7.21. The Bertz CT molecular complexity index is 646. The van der Waals surface area contributed by atoms with Crippen LogP contribution in [0.2, 0.25) is 0 Å². The zero-order chi connectivity index (χ0) is 16.1. The van der Waals surface area contributed by atoms with Gasteiger partial charge in [-0.2, -0.15) is 16.8 Å². The number of allylic oxidation sites excluding steroid dienone is 4. The van der Waals surface area contributed by atoms with Gasteiger partial charge in [0.2, 0.25) is 0 Å². The first kappa shape index (κ1) is 16.2. The van der Waals surface area contributed by atoms with Gasteiger partial charge in [0.1, 0.15) is 0 Å². The van der Waals surface area contributed by atoms with Gasteiger partial charge in [-0.3, -0.25) is 8.37 Å². The second-order valence-electron chi connectivity index (χ2n) is 6.38. The van der Waals surface area contributed by atoms with Crippen molar-refractivity contribution in [1.29, 1.82) is 0 Å². The van der Waals surface area contributed by atoms with Crippen molar-refractivity contribution in [3.05, 3.63) is 24.3 Å². The molecule has 2 bridgehead atoms. The third-order valence-electron chi connectivity index (χ3n) is 4.93. The highest BCUT2D eigenvalue weighted by Gasteiger charge is 2.52. The van der Waals surface area contributed by atoms with Crippen LogP contribution in [0.25, 0.3) is 0 Å². The van der Waals surface area contributed by atoms with Crippen molar-refractivity contribution < 1.29 is 25.2 Å². The molecule has 0 aliphatic heterocycles. The van der Waals surface area contributed by atoms with E-state index in [0.29, 0.717) is 11.8 Å². The maximum atomic E-state index is 11.3. The molecular formula is C14H20O6S2. The van der Waals surface area contributed by atoms with E-state index in [-0.39, 0.29) is 36.9 Å². The van der Waals surface area contributed by atoms with Crippen LogP contribution >= 0.6 is 0 Å². The van der Waals surface area contributed by atoms with Gasteiger partial charge in [0.15, 0.2) is 0 Å². The van der Waals surface area contributed by atoms with Crippen LogP contribution in [0.5, 0.6) is 0 Å². The number of hydrogen-bond donors (Lipinski definition) is 0. The predicted molar refractivity (Wildman–Crippen MR) is 80.8 cm³/mol. The molecule has 0 aromatic heterocycles. The minimum absolute atomic E-state index is 0.0577. The molecule has 0 radical (unpaired) electrons. The molecule has 0 aromatic carbocycles. The minimum Gasteiger partial charge on any atom is -0.270 e. The monoisotopic (exact) mass is 348 g/mol. The van der Waals surface area contributed by atoms with Crippen molar-refractivity contribution >= 4 is 20.2 Å². The normalized spacial score (nSPS) is 39.5. The molecule has 0 N–H and O–H groups in total. The highest BCUT2D eigenvalue weighted by atomic mass is 32.2. The molecule has 0 saturated heterocycles. The van der Waals surface area contributed by atoms with Gasteiger partial charge in [-0.15, -0.1) is 0 Å². The van der Waals surface area contributed by atoms with Gasteiger partial charge in [-0.05, 0) is 35.5 Å². The average Bonchev–Trinajstić information content (AvgIpc) is 2.32. The standard InChI is InChI=1S/C14H20O6S2/c1-21(15,16)19-7-13-11-5-6-12(10-4-3-9(10)11)14(13)8-20-22(2,17)18/h3-6,9-14H,7-8H2,1-2H3/t9-,10-,11+,12+,13-,14-/m0/s1. The topological polar surface area (TPSA) is 86.7 Å². The zero-order valence-electron chi connectivity index (χ0n) is 12.5. The van der Waals surface area contributed by atoms with E-state index in [1.807, 2.05) is 0 Å². The summed E-state index contributed by atoms with van der Waals surface area (Å²) in [5, 5.41) is 0. The fourth-order valence-corrected chi connectivity index (χ4v) is 4.76. The quantitative estimate of drug-likeness (QED) is 0.521. The Morgan fingerprint density at radius 3 is 1.27 bits per heavy atom. The van der Waals surface area contributed by atoms with Gasteiger partial charge in [0.05, 0.1) is 25.7 Å². The lowest BCUT2D eigenvalue weighted by Gasteiger charge is -2.55. The summed E-state index contributed by atoms with van der Waals surface area (Å²) in [7, 11) is -7.04. The van der Waals surface area contributed by atoms with Crippen molar-refractivity contribution in [2.24, 2.45) is 35.5 Å². The van der Waals surface area contributed by atoms with Crippen LogP contribution in [0, 0.1) is 35.5 Å². The van der Waals surface area contributed by atoms with E-state index in [2.05, 4.69) is 24.3 Å². The second-order valence-corrected chi connectivity index (χ2v) is 9.67. The van der Waals surface area contributed by atoms with Crippen molar-refractivity contribution in [2.45, 2.75) is 0 Å². The predicted octanol–water partition coefficient (Wildman–Crippen LogP) is 0.789. The van der Waals surface area contributed by atoms with Crippen molar-refractivity contribution in [2.75, 3.05) is 25.7 Å². The Hall–Kier alpha value is -0.700. The maximum Gasteiger partial charge on any atom is 0.264 e. The van der Waals surface area contributed by atoms with Crippen LogP contribution < -0.4 is 0 Å². The summed E-state index contributed by atoms with van der Waals surface area (Å²) in [4.78, 5) is 0. The molecule has 0 amide bonds. The molecule has 0 aromatic rings. The lowest BCUT2D eigenvalue weighted by atomic mass is 9.50. The summed E-state index contributed by atoms with van der Waals surface area (Å²) >= 11 is 0. The first-order chi connectivity index (χ1) is 10.2. The minimum atomic E-state index is -3.52. The average molecular weight is 348 g/mol. The van der Waals surface area contributed by atoms with Crippen LogP contribution in [0.15, 0.2) is 24.3 Å². The summed E-state index contributed by atoms with van der Waals surface area (Å²) in [5.74, 6) is 1.04. The Balaban J connectivity index is 1.80. The summed E-state index contributed by atoms with van der Waals surface area (Å²) in [6, 6.07) is 0. The molecule has 6 atom stereocenters. The molecular weight excluding hydrogens is 328 g/mol. The molecule has 4 aliphatic rings. The molecule has 22 heavy (non-hydrogen) atoms. The van der Waals surface area contributed by atoms with E-state index < -0.39 is 20.2 Å². The molecule has 8 heteroatoms. The smallest absolute Gasteiger partial charge is 0.264 e. The van der Waals surface area contributed by atoms with Gasteiger partial charge in [0.25, 0.3) is 20.2 Å². The molecule has 124 valence electrons. The third kappa shape index (κ3) is 3.15. The van der Waals surface area contributed by atoms with Crippen molar-refractivity contribution in [1.82, 2.24) is 0 Å². The highest BCUT2D eigenvalue weighted by Crippen LogP contribution is 2.56. The number of fused-ring (bicyclic) bond motifs is 1. The molecule has 1 fully saturated rings. The molecule has 1 saturated carbocycles. The molecule has 0 heterocycles. The largest absolute Gasteiger partial charge is 0.270 e. The lowest BCUT2D eigenvalue weighted by molar-refractivity contribution is -0.0113. The molecule has 0 unspecified atom stereocenters. The zero-order valence-corrected chi connectivity index (χ0v) is 14.1. The Kier molecular flexibility index (Phi) is 3.99. The van der Waals surface area contributed by atoms with Gasteiger partial charge >= 0.3 is 0 Å². The summed E-state index contributed by atoms with van der Waals surface area (Å²) in [6.07, 6.45) is 10.6. The van der Waals surface area contributed by atoms with Crippen LogP contribution in [0.1, 0.15) is 0 Å². The Morgan fingerprint density at radius 1 is 0.682 bits per heavy atom. The molecule has 4 rings (SSSR count). The third-order valence-corrected chi connectivity index (χ3v) is 6.06. The summed E-state index contributed by atoms with van der Waals surface area (Å²) < 4.78 is 55.1. The Labute approximate surface area is 131 Å². The molecule has 6 nitrogen and oxygen atoms in total. The van der Waals surface area contributed by atoms with E-state index in [1.165, 1.54) is 0 Å². The first-order valence-corrected chi connectivity index (χ1v) is 10.8. The second kappa shape index (κ2) is 5.43. The van der Waals surface area contributed by atoms with Crippen LogP contribution in [0.3, 0.4) is 0 Å². The van der Waals surface area contributed by atoms with Crippen LogP contribution in [-0.2, 0) is 28.6 Å². The lowest BCUT2D eigenvalue weighted by Crippen LogP contribution is -2.52. The van der Waals surface area contributed by atoms with E-state index in [1.54, 1.807) is 0 Å². The van der Waals surface area contributed by atoms with Gasteiger partial charge in [0, 0.05) is 0 Å². The van der Waals surface area contributed by atoms with Crippen LogP contribution in [-0.4, -0.2) is 42.6 Å². The number of rotatable bonds is 6. The SMILES string of the molecule is CS(=O)(=O)OC[C@H]1[C@@H]2C=C[C@H]([C@H]3C=C[C@@H]32)[C@@H]1COS(C)(=O)=O. The van der Waals surface area contributed by atoms with Gasteiger partial charge in [-0.1, -0.05) is 24.3 Å². The number of hydrogen-bond acceptors (Lipinski definition) is 6. The van der Waals surface area contributed by atoms with Crippen molar-refractivity contribution in [3.63, 3.8) is 0 Å². The molecule has 4 aliphatic carbocycles. The van der Waals surface area contributed by atoms with E-state index in [0.717, 1.165) is 12.5 Å². The maximum absolute atomic E-state index is 11.3. The summed E-state index contributed by atoms with van der Waals surface area (Å²) in [5.41, 5.74) is 0. The van der Waals surface area contributed by atoms with Crippen molar-refractivity contribution in [3.8, 4) is 0 Å². The van der Waals surface area contributed by atoms with E-state index in [4.69, 9.17) is 8.37 Å². The fourth-order valence-electron chi connectivity index (χ4n) is 3.95. The van der Waals surface area contributed by atoms with Gasteiger partial charge in [-0.25, -0.2) is 0 Å².